The molecule has 0 nitrogen and oxygen atoms in total. The summed E-state index contributed by atoms with van der Waals surface area (Å²) in [6, 6.07) is 30.0. The molecule has 0 unspecified atom stereocenters. The van der Waals surface area contributed by atoms with E-state index >= 15 is 0 Å². The van der Waals surface area contributed by atoms with Crippen LogP contribution in [0.1, 0.15) is 11.1 Å². The molecule has 166 valence electrons. The first-order valence-electron chi connectivity index (χ1n) is 11.1. The Morgan fingerprint density at radius 3 is 1.26 bits per heavy atom. The number of thiophene rings is 2. The third kappa shape index (κ3) is 3.76. The van der Waals surface area contributed by atoms with Crippen LogP contribution in [-0.4, -0.2) is 0 Å². The Hall–Kier alpha value is -2.62. The Balaban J connectivity index is 1.76. The Bertz CT molecular complexity index is 1540. The minimum atomic E-state index is 0.751. The molecule has 0 spiro atoms. The lowest BCUT2D eigenvalue weighted by Gasteiger charge is -2.10. The Labute approximate surface area is 217 Å². The van der Waals surface area contributed by atoms with Crippen molar-refractivity contribution in [3.63, 3.8) is 0 Å². The van der Waals surface area contributed by atoms with Crippen molar-refractivity contribution in [2.45, 2.75) is 13.8 Å². The molecule has 0 atom stereocenters. The van der Waals surface area contributed by atoms with Gasteiger partial charge in [-0.05, 0) is 73.5 Å². The van der Waals surface area contributed by atoms with Crippen molar-refractivity contribution in [3.05, 3.63) is 106 Å². The quantitative estimate of drug-likeness (QED) is 0.220. The number of halogens is 2. The van der Waals surface area contributed by atoms with Gasteiger partial charge in [0.2, 0.25) is 0 Å². The van der Waals surface area contributed by atoms with E-state index in [0.717, 1.165) is 10.0 Å². The molecule has 0 saturated carbocycles. The fourth-order valence-corrected chi connectivity index (χ4v) is 7.17. The van der Waals surface area contributed by atoms with E-state index in [1.54, 1.807) is 0 Å². The van der Waals surface area contributed by atoms with E-state index in [0.29, 0.717) is 0 Å². The summed E-state index contributed by atoms with van der Waals surface area (Å²) in [5, 5.41) is 4.10. The second-order valence-corrected chi connectivity index (χ2v) is 11.6. The second-order valence-electron chi connectivity index (χ2n) is 8.63. The van der Waals surface area contributed by atoms with Crippen LogP contribution in [0.4, 0.5) is 0 Å². The SMILES string of the molecule is Cc1ccc2sc(-c3ccc(Cl)cc3)c(-c3c(-c4ccc(Cl)cc4)sc4ccc(C)cc34)c2c1. The summed E-state index contributed by atoms with van der Waals surface area (Å²) < 4.78 is 2.58. The number of rotatable bonds is 3. The van der Waals surface area contributed by atoms with Crippen LogP contribution in [0.25, 0.3) is 52.2 Å². The highest BCUT2D eigenvalue weighted by Crippen LogP contribution is 2.53. The fourth-order valence-electron chi connectivity index (χ4n) is 4.53. The highest BCUT2D eigenvalue weighted by molar-refractivity contribution is 7.24. The molecular weight excluding hydrogens is 495 g/mol. The summed E-state index contributed by atoms with van der Waals surface area (Å²) in [6.07, 6.45) is 0. The van der Waals surface area contributed by atoms with E-state index in [2.05, 4.69) is 74.5 Å². The topological polar surface area (TPSA) is 0 Å². The number of fused-ring (bicyclic) bond motifs is 2. The summed E-state index contributed by atoms with van der Waals surface area (Å²) in [5.41, 5.74) is 7.50. The molecule has 34 heavy (non-hydrogen) atoms. The normalized spacial score (nSPS) is 11.5. The van der Waals surface area contributed by atoms with E-state index in [1.807, 2.05) is 46.9 Å². The van der Waals surface area contributed by atoms with E-state index in [-0.39, 0.29) is 0 Å². The zero-order chi connectivity index (χ0) is 23.4. The maximum absolute atomic E-state index is 6.25. The van der Waals surface area contributed by atoms with E-state index in [4.69, 9.17) is 23.2 Å². The van der Waals surface area contributed by atoms with Crippen LogP contribution >= 0.6 is 45.9 Å². The average Bonchev–Trinajstić information content (AvgIpc) is 3.37. The average molecular weight is 516 g/mol. The Morgan fingerprint density at radius 2 is 0.882 bits per heavy atom. The second kappa shape index (κ2) is 8.55. The minimum absolute atomic E-state index is 0.751. The molecule has 0 saturated heterocycles. The number of hydrogen-bond donors (Lipinski definition) is 0. The molecule has 0 radical (unpaired) electrons. The summed E-state index contributed by atoms with van der Waals surface area (Å²) in [5.74, 6) is 0. The van der Waals surface area contributed by atoms with Gasteiger partial charge < -0.3 is 0 Å². The predicted molar refractivity (Wildman–Crippen MR) is 153 cm³/mol. The van der Waals surface area contributed by atoms with Gasteiger partial charge in [0.15, 0.2) is 0 Å². The molecule has 0 fully saturated rings. The van der Waals surface area contributed by atoms with Crippen molar-refractivity contribution in [2.24, 2.45) is 0 Å². The highest BCUT2D eigenvalue weighted by atomic mass is 35.5. The first-order valence-corrected chi connectivity index (χ1v) is 13.5. The van der Waals surface area contributed by atoms with Gasteiger partial charge in [0, 0.05) is 51.1 Å². The van der Waals surface area contributed by atoms with Crippen LogP contribution < -0.4 is 0 Å². The van der Waals surface area contributed by atoms with Crippen molar-refractivity contribution >= 4 is 66.0 Å². The van der Waals surface area contributed by atoms with E-state index < -0.39 is 0 Å². The Morgan fingerprint density at radius 1 is 0.500 bits per heavy atom. The number of benzene rings is 4. The van der Waals surface area contributed by atoms with Crippen LogP contribution in [0.5, 0.6) is 0 Å². The summed E-state index contributed by atoms with van der Waals surface area (Å²) in [4.78, 5) is 2.54. The van der Waals surface area contributed by atoms with Gasteiger partial charge in [-0.25, -0.2) is 0 Å². The van der Waals surface area contributed by atoms with Crippen LogP contribution in [0.2, 0.25) is 10.0 Å². The molecule has 6 rings (SSSR count). The summed E-state index contributed by atoms with van der Waals surface area (Å²) in [6.45, 7) is 4.33. The molecule has 0 amide bonds. The van der Waals surface area contributed by atoms with Crippen LogP contribution in [-0.2, 0) is 0 Å². The van der Waals surface area contributed by atoms with Crippen molar-refractivity contribution in [1.82, 2.24) is 0 Å². The lowest BCUT2D eigenvalue weighted by Crippen LogP contribution is -1.84. The molecule has 0 aliphatic heterocycles. The number of aryl methyl sites for hydroxylation is 2. The molecule has 0 bridgehead atoms. The maximum Gasteiger partial charge on any atom is 0.0434 e. The molecular formula is C30H20Cl2S2. The van der Waals surface area contributed by atoms with Gasteiger partial charge in [-0.1, -0.05) is 70.7 Å². The van der Waals surface area contributed by atoms with Crippen LogP contribution in [0.15, 0.2) is 84.9 Å². The van der Waals surface area contributed by atoms with Gasteiger partial charge >= 0.3 is 0 Å². The molecule has 0 N–H and O–H groups in total. The van der Waals surface area contributed by atoms with Gasteiger partial charge in [-0.15, -0.1) is 22.7 Å². The molecule has 0 aliphatic rings. The monoisotopic (exact) mass is 514 g/mol. The molecule has 4 heteroatoms. The number of hydrogen-bond acceptors (Lipinski definition) is 2. The molecule has 6 aromatic rings. The smallest absolute Gasteiger partial charge is 0.0434 e. The molecule has 4 aromatic carbocycles. The third-order valence-corrected chi connectivity index (χ3v) is 9.09. The van der Waals surface area contributed by atoms with Gasteiger partial charge in [0.25, 0.3) is 0 Å². The largest absolute Gasteiger partial charge is 0.135 e. The molecule has 2 aromatic heterocycles. The lowest BCUT2D eigenvalue weighted by molar-refractivity contribution is 1.51. The fraction of sp³-hybridized carbons (Fsp3) is 0.0667. The predicted octanol–water partition coefficient (Wildman–Crippen LogP) is 11.0. The van der Waals surface area contributed by atoms with Gasteiger partial charge in [-0.2, -0.15) is 0 Å². The van der Waals surface area contributed by atoms with E-state index in [1.165, 1.54) is 63.3 Å². The first kappa shape index (κ1) is 21.9. The van der Waals surface area contributed by atoms with E-state index in [9.17, 15) is 0 Å². The maximum atomic E-state index is 6.25. The Kier molecular flexibility index (Phi) is 5.50. The van der Waals surface area contributed by atoms with Gasteiger partial charge in [-0.3, -0.25) is 0 Å². The van der Waals surface area contributed by atoms with Crippen LogP contribution in [0.3, 0.4) is 0 Å². The lowest BCUT2D eigenvalue weighted by atomic mass is 9.93. The van der Waals surface area contributed by atoms with Crippen LogP contribution in [0, 0.1) is 13.8 Å². The standard InChI is InChI=1S/C30H20Cl2S2/c1-17-3-13-25-23(15-17)27(29(33-25)19-5-9-21(31)10-6-19)28-24-16-18(2)4-14-26(24)34-30(28)20-7-11-22(32)12-8-20/h3-16H,1-2H3. The van der Waals surface area contributed by atoms with Gasteiger partial charge in [0.05, 0.1) is 0 Å². The first-order chi connectivity index (χ1) is 16.5. The zero-order valence-electron chi connectivity index (χ0n) is 18.7. The third-order valence-electron chi connectivity index (χ3n) is 6.15. The van der Waals surface area contributed by atoms with Crippen molar-refractivity contribution < 1.29 is 0 Å². The minimum Gasteiger partial charge on any atom is -0.135 e. The summed E-state index contributed by atoms with van der Waals surface area (Å²) >= 11 is 16.2. The van der Waals surface area contributed by atoms with Crippen molar-refractivity contribution in [2.75, 3.05) is 0 Å². The van der Waals surface area contributed by atoms with Crippen molar-refractivity contribution in [1.29, 1.82) is 0 Å². The van der Waals surface area contributed by atoms with Gasteiger partial charge in [0.1, 0.15) is 0 Å². The molecule has 0 aliphatic carbocycles. The molecule has 2 heterocycles. The summed E-state index contributed by atoms with van der Waals surface area (Å²) in [7, 11) is 0. The highest BCUT2D eigenvalue weighted by Gasteiger charge is 2.23. The zero-order valence-corrected chi connectivity index (χ0v) is 21.8. The van der Waals surface area contributed by atoms with Crippen molar-refractivity contribution in [3.8, 4) is 32.0 Å².